The fourth-order valence-corrected chi connectivity index (χ4v) is 3.43. The second-order valence-corrected chi connectivity index (χ2v) is 6.31. The summed E-state index contributed by atoms with van der Waals surface area (Å²) in [5.74, 6) is 1.53. The van der Waals surface area contributed by atoms with E-state index in [1.54, 1.807) is 0 Å². The molecule has 0 saturated carbocycles. The van der Waals surface area contributed by atoms with Gasteiger partial charge < -0.3 is 0 Å². The van der Waals surface area contributed by atoms with E-state index < -0.39 is 0 Å². The first-order valence-corrected chi connectivity index (χ1v) is 6.82. The maximum Gasteiger partial charge on any atom is 0.152 e. The molecule has 1 saturated heterocycles. The number of ketones is 1. The molecule has 1 unspecified atom stereocenters. The monoisotopic (exact) mass is 234 g/mol. The van der Waals surface area contributed by atoms with E-state index in [0.717, 1.165) is 12.2 Å². The van der Waals surface area contributed by atoms with Gasteiger partial charge in [0.2, 0.25) is 0 Å². The summed E-state index contributed by atoms with van der Waals surface area (Å²) in [4.78, 5) is 12.3. The molecule has 2 rings (SSSR count). The van der Waals surface area contributed by atoms with Crippen LogP contribution >= 0.6 is 11.8 Å². The van der Waals surface area contributed by atoms with E-state index in [0.29, 0.717) is 12.2 Å². The third-order valence-corrected chi connectivity index (χ3v) is 4.98. The van der Waals surface area contributed by atoms with E-state index in [9.17, 15) is 4.79 Å². The number of thioether (sulfide) groups is 1. The Morgan fingerprint density at radius 3 is 2.81 bits per heavy atom. The van der Waals surface area contributed by atoms with Gasteiger partial charge in [-0.3, -0.25) is 4.79 Å². The van der Waals surface area contributed by atoms with Gasteiger partial charge >= 0.3 is 0 Å². The Hall–Kier alpha value is -0.760. The van der Waals surface area contributed by atoms with Crippen LogP contribution in [-0.4, -0.2) is 16.3 Å². The topological polar surface area (TPSA) is 17.1 Å². The van der Waals surface area contributed by atoms with Gasteiger partial charge in [0.15, 0.2) is 5.78 Å². The number of Topliss-reactive ketones (excluding diaryl/α,β-unsaturated/α-hetero) is 1. The molecule has 0 spiro atoms. The van der Waals surface area contributed by atoms with Crippen molar-refractivity contribution in [2.24, 2.45) is 0 Å². The van der Waals surface area contributed by atoms with Crippen LogP contribution < -0.4 is 0 Å². The molecule has 1 heterocycles. The van der Waals surface area contributed by atoms with Crippen molar-refractivity contribution in [1.29, 1.82) is 0 Å². The van der Waals surface area contributed by atoms with E-state index in [2.05, 4.69) is 26.0 Å². The smallest absolute Gasteiger partial charge is 0.152 e. The molecule has 0 amide bonds. The van der Waals surface area contributed by atoms with Crippen LogP contribution in [-0.2, 0) is 11.2 Å². The molecule has 16 heavy (non-hydrogen) atoms. The highest BCUT2D eigenvalue weighted by Crippen LogP contribution is 2.39. The lowest BCUT2D eigenvalue weighted by molar-refractivity contribution is -0.120. The normalized spacial score (nSPS) is 24.6. The van der Waals surface area contributed by atoms with E-state index >= 15 is 0 Å². The van der Waals surface area contributed by atoms with E-state index in [1.165, 1.54) is 17.5 Å². The molecule has 1 aliphatic heterocycles. The molecule has 0 aliphatic carbocycles. The highest BCUT2D eigenvalue weighted by Gasteiger charge is 2.36. The van der Waals surface area contributed by atoms with Gasteiger partial charge in [0.05, 0.1) is 4.75 Å². The zero-order valence-electron chi connectivity index (χ0n) is 9.95. The van der Waals surface area contributed by atoms with Crippen molar-refractivity contribution in [3.05, 3.63) is 35.4 Å². The Kier molecular flexibility index (Phi) is 3.38. The molecule has 0 aromatic heterocycles. The van der Waals surface area contributed by atoms with Crippen LogP contribution in [0.3, 0.4) is 0 Å². The SMILES string of the molecule is Cc1ccccc1CC(=O)C1(C)CCCS1. The number of hydrogen-bond acceptors (Lipinski definition) is 2. The number of carbonyl (C=O) groups excluding carboxylic acids is 1. The maximum atomic E-state index is 12.3. The number of hydrogen-bond donors (Lipinski definition) is 0. The van der Waals surface area contributed by atoms with Crippen LogP contribution in [0.4, 0.5) is 0 Å². The number of rotatable bonds is 3. The second-order valence-electron chi connectivity index (χ2n) is 4.71. The summed E-state index contributed by atoms with van der Waals surface area (Å²) in [6.45, 7) is 4.18. The molecule has 1 nitrogen and oxygen atoms in total. The largest absolute Gasteiger partial charge is 0.298 e. The summed E-state index contributed by atoms with van der Waals surface area (Å²) in [7, 11) is 0. The zero-order chi connectivity index (χ0) is 11.6. The molecule has 2 heteroatoms. The molecule has 1 fully saturated rings. The summed E-state index contributed by atoms with van der Waals surface area (Å²) in [5, 5.41) is 0. The Morgan fingerprint density at radius 1 is 1.44 bits per heavy atom. The molecule has 0 N–H and O–H groups in total. The third-order valence-electron chi connectivity index (χ3n) is 3.42. The summed E-state index contributed by atoms with van der Waals surface area (Å²) >= 11 is 1.83. The summed E-state index contributed by atoms with van der Waals surface area (Å²) < 4.78 is -0.123. The number of aryl methyl sites for hydroxylation is 1. The lowest BCUT2D eigenvalue weighted by atomic mass is 9.93. The quantitative estimate of drug-likeness (QED) is 0.797. The van der Waals surface area contributed by atoms with Crippen molar-refractivity contribution < 1.29 is 4.79 Å². The molecule has 86 valence electrons. The minimum absolute atomic E-state index is 0.123. The summed E-state index contributed by atoms with van der Waals surface area (Å²) in [6, 6.07) is 8.18. The lowest BCUT2D eigenvalue weighted by Gasteiger charge is -2.21. The molecule has 1 aromatic rings. The van der Waals surface area contributed by atoms with E-state index in [4.69, 9.17) is 0 Å². The molecule has 1 aromatic carbocycles. The van der Waals surface area contributed by atoms with Crippen LogP contribution in [0.5, 0.6) is 0 Å². The van der Waals surface area contributed by atoms with Gasteiger partial charge in [0.25, 0.3) is 0 Å². The molecule has 1 aliphatic rings. The molecule has 0 radical (unpaired) electrons. The van der Waals surface area contributed by atoms with Gasteiger partial charge in [-0.2, -0.15) is 0 Å². The molecule has 0 bridgehead atoms. The van der Waals surface area contributed by atoms with E-state index in [-0.39, 0.29) is 4.75 Å². The first-order chi connectivity index (χ1) is 7.62. The predicted octanol–water partition coefficient (Wildman–Crippen LogP) is 3.39. The second kappa shape index (κ2) is 4.62. The average Bonchev–Trinajstić information content (AvgIpc) is 2.70. The Bertz CT molecular complexity index is 391. The van der Waals surface area contributed by atoms with Crippen molar-refractivity contribution in [3.63, 3.8) is 0 Å². The Balaban J connectivity index is 2.10. The average molecular weight is 234 g/mol. The number of carbonyl (C=O) groups is 1. The van der Waals surface area contributed by atoms with Crippen molar-refractivity contribution in [3.8, 4) is 0 Å². The van der Waals surface area contributed by atoms with Gasteiger partial charge in [-0.1, -0.05) is 24.3 Å². The fraction of sp³-hybridized carbons (Fsp3) is 0.500. The summed E-state index contributed by atoms with van der Waals surface area (Å²) in [5.41, 5.74) is 2.41. The van der Waals surface area contributed by atoms with Crippen LogP contribution in [0.15, 0.2) is 24.3 Å². The molecular weight excluding hydrogens is 216 g/mol. The minimum atomic E-state index is -0.123. The predicted molar refractivity (Wildman–Crippen MR) is 70.0 cm³/mol. The highest BCUT2D eigenvalue weighted by molar-refractivity contribution is 8.01. The van der Waals surface area contributed by atoms with Crippen LogP contribution in [0.2, 0.25) is 0 Å². The molecule has 1 atom stereocenters. The van der Waals surface area contributed by atoms with Crippen LogP contribution in [0.25, 0.3) is 0 Å². The number of benzene rings is 1. The van der Waals surface area contributed by atoms with Crippen molar-refractivity contribution in [2.75, 3.05) is 5.75 Å². The highest BCUT2D eigenvalue weighted by atomic mass is 32.2. The third kappa shape index (κ3) is 2.32. The molecular formula is C14H18OS. The lowest BCUT2D eigenvalue weighted by Crippen LogP contribution is -2.30. The van der Waals surface area contributed by atoms with Gasteiger partial charge in [0.1, 0.15) is 0 Å². The van der Waals surface area contributed by atoms with Gasteiger partial charge in [0, 0.05) is 6.42 Å². The zero-order valence-corrected chi connectivity index (χ0v) is 10.8. The standard InChI is InChI=1S/C14H18OS/c1-11-6-3-4-7-12(11)10-13(15)14(2)8-5-9-16-14/h3-4,6-7H,5,8-10H2,1-2H3. The van der Waals surface area contributed by atoms with E-state index in [1.807, 2.05) is 23.9 Å². The van der Waals surface area contributed by atoms with Crippen molar-refractivity contribution in [1.82, 2.24) is 0 Å². The van der Waals surface area contributed by atoms with Crippen LogP contribution in [0.1, 0.15) is 30.9 Å². The van der Waals surface area contributed by atoms with Gasteiger partial charge in [-0.25, -0.2) is 0 Å². The van der Waals surface area contributed by atoms with Crippen LogP contribution in [0, 0.1) is 6.92 Å². The Morgan fingerprint density at radius 2 is 2.19 bits per heavy atom. The Labute approximate surface area is 102 Å². The van der Waals surface area contributed by atoms with Gasteiger partial charge in [-0.05, 0) is 43.6 Å². The fourth-order valence-electron chi connectivity index (χ4n) is 2.17. The first kappa shape index (κ1) is 11.7. The first-order valence-electron chi connectivity index (χ1n) is 5.83. The maximum absolute atomic E-state index is 12.3. The minimum Gasteiger partial charge on any atom is -0.298 e. The van der Waals surface area contributed by atoms with Crippen molar-refractivity contribution in [2.45, 2.75) is 37.9 Å². The van der Waals surface area contributed by atoms with Crippen molar-refractivity contribution >= 4 is 17.5 Å². The summed E-state index contributed by atoms with van der Waals surface area (Å²) in [6.07, 6.45) is 2.82. The van der Waals surface area contributed by atoms with Gasteiger partial charge in [-0.15, -0.1) is 11.8 Å².